The number of amides is 4. The number of hydrogen-bond donors (Lipinski definition) is 0. The zero-order valence-electron chi connectivity index (χ0n) is 12.2. The maximum absolute atomic E-state index is 12.0. The summed E-state index contributed by atoms with van der Waals surface area (Å²) in [6.07, 6.45) is 4.06. The number of nitrogens with zero attached hydrogens (tertiary/aromatic N) is 2. The van der Waals surface area contributed by atoms with Gasteiger partial charge in [0.2, 0.25) is 0 Å². The summed E-state index contributed by atoms with van der Waals surface area (Å²) >= 11 is 0. The van der Waals surface area contributed by atoms with E-state index in [0.29, 0.717) is 4.90 Å². The number of fused-ring (bicyclic) bond motifs is 1. The van der Waals surface area contributed by atoms with Crippen molar-refractivity contribution >= 4 is 46.9 Å². The molecule has 3 aliphatic rings. The molecule has 9 nitrogen and oxygen atoms in total. The van der Waals surface area contributed by atoms with E-state index < -0.39 is 35.6 Å². The van der Waals surface area contributed by atoms with Gasteiger partial charge in [0, 0.05) is 24.3 Å². The van der Waals surface area contributed by atoms with Crippen molar-refractivity contribution in [1.82, 2.24) is 0 Å². The number of anilines is 2. The maximum atomic E-state index is 12.0. The third-order valence-electron chi connectivity index (χ3n) is 3.83. The van der Waals surface area contributed by atoms with Gasteiger partial charge in [-0.15, -0.1) is 0 Å². The van der Waals surface area contributed by atoms with E-state index in [1.165, 1.54) is 0 Å². The quantitative estimate of drug-likeness (QED) is 0.418. The highest BCUT2D eigenvalue weighted by molar-refractivity contribution is 6.33. The standard InChI is InChI=1S/C16H6N2O7/c19-10-1-2-11(20)17(10)7-5-8-14(16(24)25-15(8)23)9(6-7)18-12(21)3-4-13(18)22/h1-6H. The molecule has 3 aliphatic heterocycles. The summed E-state index contributed by atoms with van der Waals surface area (Å²) < 4.78 is 4.52. The lowest BCUT2D eigenvalue weighted by atomic mass is 10.0. The molecular formula is C16H6N2O7. The van der Waals surface area contributed by atoms with Crippen LogP contribution in [0.25, 0.3) is 0 Å². The fourth-order valence-corrected chi connectivity index (χ4v) is 2.78. The molecule has 25 heavy (non-hydrogen) atoms. The van der Waals surface area contributed by atoms with Gasteiger partial charge in [0.1, 0.15) is 0 Å². The van der Waals surface area contributed by atoms with Gasteiger partial charge in [-0.25, -0.2) is 19.4 Å². The normalized spacial score (nSPS) is 18.7. The Bertz CT molecular complexity index is 966. The van der Waals surface area contributed by atoms with Crippen molar-refractivity contribution in [1.29, 1.82) is 0 Å². The summed E-state index contributed by atoms with van der Waals surface area (Å²) in [7, 11) is 0. The number of cyclic esters (lactones) is 2. The average Bonchev–Trinajstić information content (AvgIpc) is 3.16. The highest BCUT2D eigenvalue weighted by atomic mass is 16.6. The Morgan fingerprint density at radius 2 is 1.16 bits per heavy atom. The number of carbonyl (C=O) groups excluding carboxylic acids is 6. The van der Waals surface area contributed by atoms with Crippen LogP contribution in [0.4, 0.5) is 11.4 Å². The first kappa shape index (κ1) is 14.7. The topological polar surface area (TPSA) is 118 Å². The number of esters is 2. The minimum absolute atomic E-state index is 0.0621. The second kappa shape index (κ2) is 4.81. The second-order valence-electron chi connectivity index (χ2n) is 5.25. The Balaban J connectivity index is 1.96. The molecule has 0 N–H and O–H groups in total. The van der Waals surface area contributed by atoms with Crippen LogP contribution in [0, 0.1) is 0 Å². The summed E-state index contributed by atoms with van der Waals surface area (Å²) in [5.41, 5.74) is -0.799. The van der Waals surface area contributed by atoms with Crippen LogP contribution in [0.15, 0.2) is 36.4 Å². The van der Waals surface area contributed by atoms with Crippen LogP contribution in [-0.2, 0) is 23.9 Å². The van der Waals surface area contributed by atoms with Gasteiger partial charge < -0.3 is 4.74 Å². The number of carbonyl (C=O) groups is 6. The monoisotopic (exact) mass is 338 g/mol. The molecule has 0 radical (unpaired) electrons. The number of ether oxygens (including phenoxy) is 1. The molecule has 3 heterocycles. The van der Waals surface area contributed by atoms with Crippen molar-refractivity contribution in [3.63, 3.8) is 0 Å². The molecule has 0 bridgehead atoms. The van der Waals surface area contributed by atoms with E-state index >= 15 is 0 Å². The SMILES string of the molecule is O=C1OC(=O)c2c1cc(N1C(=O)C=CC1=O)cc2N1C(=O)C=CC1=O. The summed E-state index contributed by atoms with van der Waals surface area (Å²) in [5, 5.41) is 0. The van der Waals surface area contributed by atoms with Crippen LogP contribution in [0.2, 0.25) is 0 Å². The molecule has 0 aromatic heterocycles. The van der Waals surface area contributed by atoms with E-state index in [4.69, 9.17) is 0 Å². The molecule has 4 rings (SSSR count). The van der Waals surface area contributed by atoms with Crippen molar-refractivity contribution in [2.45, 2.75) is 0 Å². The fourth-order valence-electron chi connectivity index (χ4n) is 2.78. The highest BCUT2D eigenvalue weighted by Crippen LogP contribution is 2.37. The molecule has 9 heteroatoms. The molecule has 0 saturated heterocycles. The Hall–Kier alpha value is -3.88. The minimum Gasteiger partial charge on any atom is -0.386 e. The van der Waals surface area contributed by atoms with E-state index in [-0.39, 0.29) is 22.5 Å². The zero-order valence-corrected chi connectivity index (χ0v) is 12.2. The van der Waals surface area contributed by atoms with Gasteiger partial charge in [0.05, 0.1) is 22.5 Å². The third kappa shape index (κ3) is 1.96. The van der Waals surface area contributed by atoms with Gasteiger partial charge in [-0.2, -0.15) is 0 Å². The van der Waals surface area contributed by atoms with Crippen molar-refractivity contribution in [3.05, 3.63) is 47.6 Å². The van der Waals surface area contributed by atoms with Gasteiger partial charge in [-0.3, -0.25) is 19.2 Å². The molecular weight excluding hydrogens is 332 g/mol. The van der Waals surface area contributed by atoms with E-state index in [1.54, 1.807) is 0 Å². The van der Waals surface area contributed by atoms with Crippen LogP contribution in [-0.4, -0.2) is 35.6 Å². The lowest BCUT2D eigenvalue weighted by Crippen LogP contribution is -2.33. The van der Waals surface area contributed by atoms with Crippen LogP contribution < -0.4 is 9.80 Å². The van der Waals surface area contributed by atoms with Crippen LogP contribution >= 0.6 is 0 Å². The van der Waals surface area contributed by atoms with Gasteiger partial charge in [0.25, 0.3) is 23.6 Å². The molecule has 1 aromatic rings. The van der Waals surface area contributed by atoms with Crippen molar-refractivity contribution in [3.8, 4) is 0 Å². The molecule has 0 aliphatic carbocycles. The Morgan fingerprint density at radius 3 is 1.72 bits per heavy atom. The first-order valence-corrected chi connectivity index (χ1v) is 6.95. The second-order valence-corrected chi connectivity index (χ2v) is 5.25. The van der Waals surface area contributed by atoms with Gasteiger partial charge >= 0.3 is 11.9 Å². The molecule has 0 saturated carbocycles. The van der Waals surface area contributed by atoms with Crippen molar-refractivity contribution in [2.24, 2.45) is 0 Å². The van der Waals surface area contributed by atoms with Crippen molar-refractivity contribution in [2.75, 3.05) is 9.80 Å². The fraction of sp³-hybridized carbons (Fsp3) is 0. The Labute approximate surface area is 138 Å². The smallest absolute Gasteiger partial charge is 0.349 e. The highest BCUT2D eigenvalue weighted by Gasteiger charge is 2.40. The number of rotatable bonds is 2. The van der Waals surface area contributed by atoms with Gasteiger partial charge in [0.15, 0.2) is 0 Å². The van der Waals surface area contributed by atoms with E-state index in [1.807, 2.05) is 0 Å². The van der Waals surface area contributed by atoms with Crippen molar-refractivity contribution < 1.29 is 33.5 Å². The molecule has 0 atom stereocenters. The lowest BCUT2D eigenvalue weighted by Gasteiger charge is -2.20. The van der Waals surface area contributed by atoms with Crippen LogP contribution in [0.3, 0.4) is 0 Å². The summed E-state index contributed by atoms with van der Waals surface area (Å²) in [6, 6.07) is 2.28. The largest absolute Gasteiger partial charge is 0.386 e. The summed E-state index contributed by atoms with van der Waals surface area (Å²) in [5.74, 6) is -4.80. The first-order chi connectivity index (χ1) is 11.9. The van der Waals surface area contributed by atoms with E-state index in [2.05, 4.69) is 4.74 Å². The molecule has 4 amide bonds. The molecule has 0 unspecified atom stereocenters. The van der Waals surface area contributed by atoms with Crippen LogP contribution in [0.5, 0.6) is 0 Å². The molecule has 1 aromatic carbocycles. The predicted octanol–water partition coefficient (Wildman–Crippen LogP) is -0.144. The maximum Gasteiger partial charge on any atom is 0.349 e. The molecule has 122 valence electrons. The number of imide groups is 2. The predicted molar refractivity (Wildman–Crippen MR) is 79.5 cm³/mol. The third-order valence-corrected chi connectivity index (χ3v) is 3.83. The molecule has 0 spiro atoms. The summed E-state index contributed by atoms with van der Waals surface area (Å²) in [6.45, 7) is 0. The van der Waals surface area contributed by atoms with E-state index in [0.717, 1.165) is 41.3 Å². The number of hydrogen-bond acceptors (Lipinski definition) is 7. The zero-order chi connectivity index (χ0) is 17.9. The first-order valence-electron chi connectivity index (χ1n) is 6.95. The Morgan fingerprint density at radius 1 is 0.640 bits per heavy atom. The average molecular weight is 338 g/mol. The van der Waals surface area contributed by atoms with Crippen LogP contribution in [0.1, 0.15) is 20.7 Å². The summed E-state index contributed by atoms with van der Waals surface area (Å²) in [4.78, 5) is 72.9. The minimum atomic E-state index is -1.02. The Kier molecular flexibility index (Phi) is 2.83. The lowest BCUT2D eigenvalue weighted by molar-refractivity contribution is -0.121. The van der Waals surface area contributed by atoms with E-state index in [9.17, 15) is 28.8 Å². The molecule has 0 fully saturated rings. The van der Waals surface area contributed by atoms with Gasteiger partial charge in [-0.05, 0) is 12.1 Å². The van der Waals surface area contributed by atoms with Gasteiger partial charge in [-0.1, -0.05) is 0 Å². The number of benzene rings is 1.